The molecule has 154 valence electrons. The number of aliphatic hydroxyl groups is 1. The molecule has 6 nitrogen and oxygen atoms in total. The molecule has 0 aliphatic carbocycles. The number of aryl methyl sites for hydroxylation is 1. The van der Waals surface area contributed by atoms with Crippen LogP contribution in [0.3, 0.4) is 0 Å². The Labute approximate surface area is 170 Å². The van der Waals surface area contributed by atoms with Crippen molar-refractivity contribution < 1.29 is 27.6 Å². The zero-order valence-electron chi connectivity index (χ0n) is 15.6. The molecule has 2 aromatic carbocycles. The van der Waals surface area contributed by atoms with Gasteiger partial charge < -0.3 is 14.6 Å². The first kappa shape index (κ1) is 22.8. The van der Waals surface area contributed by atoms with Crippen LogP contribution in [0.15, 0.2) is 53.4 Å². The first-order chi connectivity index (χ1) is 13.3. The van der Waals surface area contributed by atoms with Gasteiger partial charge in [-0.25, -0.2) is 0 Å². The summed E-state index contributed by atoms with van der Waals surface area (Å²) in [5, 5.41) is 9.68. The van der Waals surface area contributed by atoms with Gasteiger partial charge in [0.15, 0.2) is 0 Å². The Morgan fingerprint density at radius 1 is 1.11 bits per heavy atom. The maximum Gasteiger partial charge on any atom is 0.294 e. The number of aliphatic hydroxyl groups excluding tert-OH is 1. The molecule has 0 bridgehead atoms. The van der Waals surface area contributed by atoms with E-state index in [1.165, 1.54) is 6.07 Å². The lowest BCUT2D eigenvalue weighted by molar-refractivity contribution is -0.0667. The molecule has 0 spiro atoms. The van der Waals surface area contributed by atoms with E-state index in [-0.39, 0.29) is 30.4 Å². The quantitative estimate of drug-likeness (QED) is 0.422. The largest absolute Gasteiger partial charge is 0.394 e. The molecule has 0 aliphatic heterocycles. The molecule has 28 heavy (non-hydrogen) atoms. The van der Waals surface area contributed by atoms with Gasteiger partial charge in [-0.2, -0.15) is 8.42 Å². The highest BCUT2D eigenvalue weighted by atomic mass is 35.5. The minimum Gasteiger partial charge on any atom is -0.394 e. The van der Waals surface area contributed by atoms with Gasteiger partial charge >= 0.3 is 0 Å². The van der Waals surface area contributed by atoms with Crippen molar-refractivity contribution in [2.45, 2.75) is 37.1 Å². The lowest BCUT2D eigenvalue weighted by Gasteiger charge is -2.23. The molecule has 2 aromatic rings. The fourth-order valence-electron chi connectivity index (χ4n) is 2.80. The molecule has 0 aromatic heterocycles. The Hall–Kier alpha value is -1.48. The standard InChI is InChI=1S/C20H25ClO6S/c1-15-7-8-20(28(23,24)25)17(9-15)10-18(12-22)27-19(11-21)14-26-13-16-5-3-2-4-6-16/h2-9,18-19,22H,10-14H2,1H3,(H,23,24,25)/t18-,19+/m0/s1. The third kappa shape index (κ3) is 7.16. The number of halogens is 1. The molecule has 0 saturated carbocycles. The average molecular weight is 429 g/mol. The molecule has 0 unspecified atom stereocenters. The first-order valence-corrected chi connectivity index (χ1v) is 10.8. The van der Waals surface area contributed by atoms with E-state index in [2.05, 4.69) is 0 Å². The van der Waals surface area contributed by atoms with Gasteiger partial charge in [-0.1, -0.05) is 48.0 Å². The molecule has 0 radical (unpaired) electrons. The van der Waals surface area contributed by atoms with Crippen molar-refractivity contribution in [2.24, 2.45) is 0 Å². The van der Waals surface area contributed by atoms with Crippen LogP contribution in [-0.2, 0) is 32.6 Å². The lowest BCUT2D eigenvalue weighted by atomic mass is 10.1. The van der Waals surface area contributed by atoms with Crippen molar-refractivity contribution in [2.75, 3.05) is 19.1 Å². The van der Waals surface area contributed by atoms with Gasteiger partial charge in [0.25, 0.3) is 10.1 Å². The average Bonchev–Trinajstić information content (AvgIpc) is 2.66. The topological polar surface area (TPSA) is 93.1 Å². The number of rotatable bonds is 11. The Bertz CT molecular complexity index is 841. The van der Waals surface area contributed by atoms with E-state index in [0.717, 1.165) is 11.1 Å². The van der Waals surface area contributed by atoms with Crippen LogP contribution >= 0.6 is 11.6 Å². The monoisotopic (exact) mass is 428 g/mol. The highest BCUT2D eigenvalue weighted by Crippen LogP contribution is 2.20. The number of benzene rings is 2. The van der Waals surface area contributed by atoms with Gasteiger partial charge in [-0.3, -0.25) is 4.55 Å². The van der Waals surface area contributed by atoms with E-state index in [4.69, 9.17) is 21.1 Å². The highest BCUT2D eigenvalue weighted by molar-refractivity contribution is 7.85. The molecule has 0 fully saturated rings. The summed E-state index contributed by atoms with van der Waals surface area (Å²) in [6.45, 7) is 2.12. The van der Waals surface area contributed by atoms with Gasteiger partial charge in [-0.15, -0.1) is 11.6 Å². The molecule has 0 saturated heterocycles. The summed E-state index contributed by atoms with van der Waals surface area (Å²) in [6.07, 6.45) is -1.05. The van der Waals surface area contributed by atoms with Crippen LogP contribution in [0.2, 0.25) is 0 Å². The van der Waals surface area contributed by atoms with Crippen LogP contribution in [-0.4, -0.2) is 49.4 Å². The van der Waals surface area contributed by atoms with Crippen LogP contribution in [0.25, 0.3) is 0 Å². The minimum atomic E-state index is -4.37. The summed E-state index contributed by atoms with van der Waals surface area (Å²) >= 11 is 5.96. The SMILES string of the molecule is Cc1ccc(S(=O)(=O)O)c(C[C@@H](CO)O[C@H](CCl)COCc2ccccc2)c1. The van der Waals surface area contributed by atoms with Crippen LogP contribution < -0.4 is 0 Å². The number of alkyl halides is 1. The van der Waals surface area contributed by atoms with Crippen molar-refractivity contribution in [1.82, 2.24) is 0 Å². The van der Waals surface area contributed by atoms with Crippen molar-refractivity contribution in [1.29, 1.82) is 0 Å². The second kappa shape index (κ2) is 10.9. The Morgan fingerprint density at radius 2 is 1.82 bits per heavy atom. The molecule has 2 rings (SSSR count). The van der Waals surface area contributed by atoms with E-state index in [0.29, 0.717) is 12.2 Å². The molecular weight excluding hydrogens is 404 g/mol. The summed E-state index contributed by atoms with van der Waals surface area (Å²) in [5.74, 6) is 0.157. The third-order valence-corrected chi connectivity index (χ3v) is 5.42. The predicted molar refractivity (Wildman–Crippen MR) is 107 cm³/mol. The van der Waals surface area contributed by atoms with E-state index in [9.17, 15) is 18.1 Å². The fraction of sp³-hybridized carbons (Fsp3) is 0.400. The molecule has 2 N–H and O–H groups in total. The normalized spacial score (nSPS) is 14.0. The Morgan fingerprint density at radius 3 is 2.43 bits per heavy atom. The van der Waals surface area contributed by atoms with Crippen LogP contribution in [0, 0.1) is 6.92 Å². The lowest BCUT2D eigenvalue weighted by Crippen LogP contribution is -2.32. The summed E-state index contributed by atoms with van der Waals surface area (Å²) in [6, 6.07) is 14.2. The van der Waals surface area contributed by atoms with Crippen LogP contribution in [0.4, 0.5) is 0 Å². The van der Waals surface area contributed by atoms with E-state index in [1.807, 2.05) is 37.3 Å². The molecule has 0 aliphatic rings. The Kier molecular flexibility index (Phi) is 8.88. The third-order valence-electron chi connectivity index (χ3n) is 4.12. The van der Waals surface area contributed by atoms with Gasteiger partial charge in [0, 0.05) is 6.42 Å². The number of ether oxygens (including phenoxy) is 2. The van der Waals surface area contributed by atoms with Crippen LogP contribution in [0.5, 0.6) is 0 Å². The summed E-state index contributed by atoms with van der Waals surface area (Å²) in [4.78, 5) is -0.192. The Balaban J connectivity index is 1.99. The molecule has 2 atom stereocenters. The maximum atomic E-state index is 11.6. The van der Waals surface area contributed by atoms with Crippen molar-refractivity contribution in [3.63, 3.8) is 0 Å². The van der Waals surface area contributed by atoms with Gasteiger partial charge in [0.1, 0.15) is 0 Å². The van der Waals surface area contributed by atoms with Gasteiger partial charge in [-0.05, 0) is 24.1 Å². The van der Waals surface area contributed by atoms with E-state index in [1.54, 1.807) is 12.1 Å². The zero-order chi connectivity index (χ0) is 20.6. The first-order valence-electron chi connectivity index (χ1n) is 8.84. The van der Waals surface area contributed by atoms with Crippen molar-refractivity contribution in [3.8, 4) is 0 Å². The minimum absolute atomic E-state index is 0.110. The highest BCUT2D eigenvalue weighted by Gasteiger charge is 2.21. The second-order valence-corrected chi connectivity index (χ2v) is 8.21. The molecule has 8 heteroatoms. The summed E-state index contributed by atoms with van der Waals surface area (Å²) in [5.41, 5.74) is 2.23. The van der Waals surface area contributed by atoms with Crippen molar-refractivity contribution in [3.05, 3.63) is 65.2 Å². The summed E-state index contributed by atoms with van der Waals surface area (Å²) in [7, 11) is -4.37. The predicted octanol–water partition coefficient (Wildman–Crippen LogP) is 2.99. The number of hydrogen-bond acceptors (Lipinski definition) is 5. The molecule has 0 heterocycles. The zero-order valence-corrected chi connectivity index (χ0v) is 17.2. The van der Waals surface area contributed by atoms with Gasteiger partial charge in [0.2, 0.25) is 0 Å². The smallest absolute Gasteiger partial charge is 0.294 e. The van der Waals surface area contributed by atoms with E-state index < -0.39 is 22.3 Å². The maximum absolute atomic E-state index is 11.6. The van der Waals surface area contributed by atoms with Crippen LogP contribution in [0.1, 0.15) is 16.7 Å². The molecular formula is C20H25ClO6S. The number of hydrogen-bond donors (Lipinski definition) is 2. The van der Waals surface area contributed by atoms with E-state index >= 15 is 0 Å². The second-order valence-electron chi connectivity index (χ2n) is 6.51. The van der Waals surface area contributed by atoms with Crippen molar-refractivity contribution >= 4 is 21.7 Å². The molecule has 0 amide bonds. The summed E-state index contributed by atoms with van der Waals surface area (Å²) < 4.78 is 44.1. The fourth-order valence-corrected chi connectivity index (χ4v) is 3.67. The van der Waals surface area contributed by atoms with Gasteiger partial charge in [0.05, 0.1) is 42.8 Å².